The van der Waals surface area contributed by atoms with E-state index in [9.17, 15) is 40.8 Å². The highest BCUT2D eigenvalue weighted by Crippen LogP contribution is 2.57. The van der Waals surface area contributed by atoms with Gasteiger partial charge in [0.25, 0.3) is 0 Å². The van der Waals surface area contributed by atoms with Gasteiger partial charge in [0.05, 0.1) is 53.7 Å². The van der Waals surface area contributed by atoms with Crippen LogP contribution in [0.5, 0.6) is 11.6 Å². The van der Waals surface area contributed by atoms with Gasteiger partial charge in [0.15, 0.2) is 5.78 Å². The monoisotopic (exact) mass is 836 g/mol. The normalized spacial score (nSPS) is 27.8. The van der Waals surface area contributed by atoms with Crippen molar-refractivity contribution in [3.63, 3.8) is 0 Å². The molecule has 6 rings (SSSR count). The zero-order valence-electron chi connectivity index (χ0n) is 33.3. The fourth-order valence-electron chi connectivity index (χ4n) is 7.96. The highest BCUT2D eigenvalue weighted by atomic mass is 32.2. The second-order valence-corrected chi connectivity index (χ2v) is 18.4. The van der Waals surface area contributed by atoms with Gasteiger partial charge in [-0.15, -0.1) is 0 Å². The number of fused-ring (bicyclic) bond motifs is 3. The van der Waals surface area contributed by atoms with Gasteiger partial charge < -0.3 is 23.8 Å². The van der Waals surface area contributed by atoms with Crippen molar-refractivity contribution in [1.82, 2.24) is 19.6 Å². The van der Waals surface area contributed by atoms with Gasteiger partial charge in [0, 0.05) is 32.6 Å². The fourth-order valence-corrected chi connectivity index (χ4v) is 9.35. The summed E-state index contributed by atoms with van der Waals surface area (Å²) in [7, 11) is -1.02. The SMILES string of the molecule is COC[C@@H]1CCCC/C=C\[C@@H]2C[C@@]2(C(=O)NS(=O)(=O)C2CC2)CC(=O)[C@@H]2C[C@@H](Oc3nc4cc(OC)ccc4nc3C)CN2C(=O)[C@H]1CC(=O)OC(C)(C)C(F)(F)F. The Kier molecular flexibility index (Phi) is 12.5. The van der Waals surface area contributed by atoms with Crippen LogP contribution >= 0.6 is 0 Å². The Morgan fingerprint density at radius 3 is 2.47 bits per heavy atom. The Labute approximate surface area is 335 Å². The summed E-state index contributed by atoms with van der Waals surface area (Å²) in [5.74, 6) is -4.90. The Bertz CT molecular complexity index is 2060. The molecule has 58 heavy (non-hydrogen) atoms. The van der Waals surface area contributed by atoms with Crippen LogP contribution in [0, 0.1) is 30.1 Å². The van der Waals surface area contributed by atoms with E-state index in [1.165, 1.54) is 19.1 Å². The lowest BCUT2D eigenvalue weighted by Gasteiger charge is -2.33. The van der Waals surface area contributed by atoms with Gasteiger partial charge >= 0.3 is 12.1 Å². The number of halogens is 3. The Morgan fingerprint density at radius 1 is 1.05 bits per heavy atom. The first-order chi connectivity index (χ1) is 27.3. The van der Waals surface area contributed by atoms with Gasteiger partial charge in [0.2, 0.25) is 33.3 Å². The van der Waals surface area contributed by atoms with Crippen LogP contribution in [0.2, 0.25) is 0 Å². The van der Waals surface area contributed by atoms with Crippen LogP contribution in [-0.4, -0.2) is 103 Å². The number of Topliss-reactive ketones (excluding diaryl/α,β-unsaturated/α-hetero) is 1. The van der Waals surface area contributed by atoms with E-state index >= 15 is 0 Å². The van der Waals surface area contributed by atoms with Gasteiger partial charge in [-0.1, -0.05) is 18.6 Å². The summed E-state index contributed by atoms with van der Waals surface area (Å²) in [6.45, 7) is 2.95. The molecule has 2 saturated carbocycles. The number of ether oxygens (including phenoxy) is 4. The molecule has 2 aliphatic carbocycles. The van der Waals surface area contributed by atoms with Crippen LogP contribution in [0.4, 0.5) is 13.2 Å². The number of nitrogens with zero attached hydrogens (tertiary/aromatic N) is 3. The third-order valence-corrected chi connectivity index (χ3v) is 13.6. The van der Waals surface area contributed by atoms with Crippen LogP contribution in [0.3, 0.4) is 0 Å². The first kappa shape index (κ1) is 43.3. The molecule has 4 aliphatic rings. The van der Waals surface area contributed by atoms with Gasteiger partial charge in [-0.25, -0.2) is 18.4 Å². The number of aromatic nitrogens is 2. The maximum absolute atomic E-state index is 14.9. The predicted octanol–water partition coefficient (Wildman–Crippen LogP) is 5.15. The summed E-state index contributed by atoms with van der Waals surface area (Å²) in [5.41, 5.74) is -2.76. The molecule has 318 valence electrons. The van der Waals surface area contributed by atoms with Crippen molar-refractivity contribution in [3.8, 4) is 11.6 Å². The number of benzene rings is 1. The molecule has 6 atom stereocenters. The number of carbonyl (C=O) groups excluding carboxylic acids is 4. The highest BCUT2D eigenvalue weighted by Gasteiger charge is 2.62. The Hall–Kier alpha value is -4.32. The number of methoxy groups -OCH3 is 2. The fraction of sp³-hybridized carbons (Fsp3) is 0.650. The Balaban J connectivity index is 1.36. The van der Waals surface area contributed by atoms with Crippen molar-refractivity contribution < 1.29 is 59.7 Å². The molecular weight excluding hydrogens is 786 g/mol. The number of esters is 1. The minimum Gasteiger partial charge on any atom is -0.497 e. The number of hydrogen-bond acceptors (Lipinski definition) is 12. The molecular formula is C40H51F3N4O10S. The summed E-state index contributed by atoms with van der Waals surface area (Å²) in [6, 6.07) is 3.94. The molecule has 0 unspecified atom stereocenters. The van der Waals surface area contributed by atoms with E-state index in [4.69, 9.17) is 18.9 Å². The smallest absolute Gasteiger partial charge is 0.427 e. The van der Waals surface area contributed by atoms with Crippen LogP contribution in [-0.2, 0) is 38.7 Å². The quantitative estimate of drug-likeness (QED) is 0.233. The number of ketones is 1. The van der Waals surface area contributed by atoms with Crippen LogP contribution in [0.1, 0.15) is 83.7 Å². The molecule has 1 aromatic carbocycles. The van der Waals surface area contributed by atoms with Crippen LogP contribution < -0.4 is 14.2 Å². The lowest BCUT2D eigenvalue weighted by molar-refractivity contribution is -0.257. The minimum atomic E-state index is -4.89. The van der Waals surface area contributed by atoms with Crippen molar-refractivity contribution in [2.45, 2.75) is 114 Å². The number of alkyl halides is 3. The third kappa shape index (κ3) is 9.42. The number of rotatable bonds is 11. The molecule has 0 radical (unpaired) electrons. The van der Waals surface area contributed by atoms with E-state index in [1.807, 2.05) is 12.2 Å². The number of aryl methyl sites for hydroxylation is 1. The molecule has 0 spiro atoms. The van der Waals surface area contributed by atoms with Crippen molar-refractivity contribution in [2.24, 2.45) is 23.2 Å². The summed E-state index contributed by atoms with van der Waals surface area (Å²) in [5, 5.41) is -0.674. The van der Waals surface area contributed by atoms with E-state index in [2.05, 4.69) is 14.7 Å². The lowest BCUT2D eigenvalue weighted by atomic mass is 9.84. The second-order valence-electron chi connectivity index (χ2n) is 16.5. The maximum Gasteiger partial charge on any atom is 0.427 e. The van der Waals surface area contributed by atoms with E-state index < -0.39 is 98.8 Å². The molecule has 3 heterocycles. The van der Waals surface area contributed by atoms with E-state index in [1.54, 1.807) is 25.1 Å². The number of amides is 2. The van der Waals surface area contributed by atoms with Crippen molar-refractivity contribution in [1.29, 1.82) is 0 Å². The molecule has 1 aromatic heterocycles. The van der Waals surface area contributed by atoms with Crippen molar-refractivity contribution in [3.05, 3.63) is 36.0 Å². The summed E-state index contributed by atoms with van der Waals surface area (Å²) in [4.78, 5) is 67.1. The molecule has 0 bridgehead atoms. The van der Waals surface area contributed by atoms with Gasteiger partial charge in [-0.2, -0.15) is 13.2 Å². The molecule has 1 N–H and O–H groups in total. The first-order valence-corrected chi connectivity index (χ1v) is 21.2. The largest absolute Gasteiger partial charge is 0.497 e. The average molecular weight is 837 g/mol. The van der Waals surface area contributed by atoms with Gasteiger partial charge in [-0.3, -0.25) is 23.9 Å². The van der Waals surface area contributed by atoms with Crippen LogP contribution in [0.25, 0.3) is 11.0 Å². The summed E-state index contributed by atoms with van der Waals surface area (Å²) < 4.78 is 91.5. The van der Waals surface area contributed by atoms with E-state index in [0.29, 0.717) is 61.0 Å². The lowest BCUT2D eigenvalue weighted by Crippen LogP contribution is -2.49. The third-order valence-electron chi connectivity index (χ3n) is 11.7. The average Bonchev–Trinajstić information content (AvgIpc) is 4.07. The number of allylic oxidation sites excluding steroid dienone is 2. The Morgan fingerprint density at radius 2 is 1.79 bits per heavy atom. The number of hydrogen-bond donors (Lipinski definition) is 1. The number of sulfonamides is 1. The zero-order chi connectivity index (χ0) is 42.2. The highest BCUT2D eigenvalue weighted by molar-refractivity contribution is 7.90. The zero-order valence-corrected chi connectivity index (χ0v) is 34.1. The molecule has 18 heteroatoms. The molecule has 14 nitrogen and oxygen atoms in total. The molecule has 3 fully saturated rings. The van der Waals surface area contributed by atoms with Gasteiger partial charge in [-0.05, 0) is 83.3 Å². The van der Waals surface area contributed by atoms with Crippen molar-refractivity contribution in [2.75, 3.05) is 27.4 Å². The summed E-state index contributed by atoms with van der Waals surface area (Å²) in [6.07, 6.45) is 0.0126. The van der Waals surface area contributed by atoms with E-state index in [0.717, 1.165) is 13.8 Å². The molecule has 2 amide bonds. The first-order valence-electron chi connectivity index (χ1n) is 19.6. The topological polar surface area (TPSA) is 180 Å². The number of nitrogens with one attached hydrogen (secondary N) is 1. The second kappa shape index (κ2) is 16.7. The van der Waals surface area contributed by atoms with Gasteiger partial charge in [0.1, 0.15) is 17.5 Å². The minimum absolute atomic E-state index is 0.00919. The number of carbonyl (C=O) groups is 4. The predicted molar refractivity (Wildman–Crippen MR) is 203 cm³/mol. The molecule has 1 saturated heterocycles. The van der Waals surface area contributed by atoms with E-state index in [-0.39, 0.29) is 31.9 Å². The molecule has 2 aliphatic heterocycles. The molecule has 2 aromatic rings. The summed E-state index contributed by atoms with van der Waals surface area (Å²) >= 11 is 0. The maximum atomic E-state index is 14.9. The van der Waals surface area contributed by atoms with Crippen LogP contribution in [0.15, 0.2) is 30.4 Å². The van der Waals surface area contributed by atoms with Crippen molar-refractivity contribution >= 4 is 44.6 Å². The standard InChI is InChI=1S/C40H51F3N4O10S/c1-23-35(45-31-16-26(55-5)12-15-30(31)44-23)56-27-17-32-33(48)20-39(37(51)46-58(52,53)28-13-14-28)19-25(39)11-9-7-6-8-10-24(22-54-4)29(36(50)47(32)21-27)18-34(49)57-38(2,3)40(41,42)43/h9,11-12,15-16,24-25,27-29,32H,6-8,10,13-14,17-22H2,1-5H3,(H,46,51)/b11-9-/t24-,25+,27+,29-,32-,39+/m0/s1.